The van der Waals surface area contributed by atoms with E-state index >= 15 is 0 Å². The monoisotopic (exact) mass is 300 g/mol. The number of esters is 1. The summed E-state index contributed by atoms with van der Waals surface area (Å²) >= 11 is 0. The molecule has 0 heterocycles. The van der Waals surface area contributed by atoms with Gasteiger partial charge in [0, 0.05) is 6.04 Å². The van der Waals surface area contributed by atoms with Gasteiger partial charge in [0.1, 0.15) is 6.04 Å². The normalized spacial score (nSPS) is 14.6. The summed E-state index contributed by atoms with van der Waals surface area (Å²) in [7, 11) is -3.76. The molecule has 3 N–H and O–H groups in total. The van der Waals surface area contributed by atoms with Gasteiger partial charge < -0.3 is 10.5 Å². The van der Waals surface area contributed by atoms with Crippen molar-refractivity contribution in [1.29, 1.82) is 0 Å². The summed E-state index contributed by atoms with van der Waals surface area (Å²) in [5.41, 5.74) is 6.54. The fourth-order valence-corrected chi connectivity index (χ4v) is 2.76. The number of benzene rings is 1. The third kappa shape index (κ3) is 4.29. The molecule has 0 fully saturated rings. The van der Waals surface area contributed by atoms with E-state index in [-0.39, 0.29) is 17.5 Å². The highest BCUT2D eigenvalue weighted by Crippen LogP contribution is 2.15. The summed E-state index contributed by atoms with van der Waals surface area (Å²) in [4.78, 5) is 11.5. The lowest BCUT2D eigenvalue weighted by Crippen LogP contribution is -2.39. The van der Waals surface area contributed by atoms with Gasteiger partial charge in [-0.2, -0.15) is 4.72 Å². The van der Waals surface area contributed by atoms with Gasteiger partial charge in [-0.1, -0.05) is 12.1 Å². The predicted molar refractivity (Wildman–Crippen MR) is 75.5 cm³/mol. The van der Waals surface area contributed by atoms with E-state index in [4.69, 9.17) is 10.5 Å². The van der Waals surface area contributed by atoms with E-state index in [2.05, 4.69) is 4.72 Å². The average Bonchev–Trinajstić information content (AvgIpc) is 2.38. The first kappa shape index (κ1) is 16.6. The summed E-state index contributed by atoms with van der Waals surface area (Å²) in [6, 6.07) is 5.10. The van der Waals surface area contributed by atoms with Gasteiger partial charge in [0.05, 0.1) is 11.5 Å². The first-order valence-corrected chi connectivity index (χ1v) is 7.80. The highest BCUT2D eigenvalue weighted by Gasteiger charge is 2.22. The van der Waals surface area contributed by atoms with Gasteiger partial charge in [-0.15, -0.1) is 0 Å². The molecule has 6 nitrogen and oxygen atoms in total. The quantitative estimate of drug-likeness (QED) is 0.762. The Morgan fingerprint density at radius 2 is 1.85 bits per heavy atom. The molecule has 2 atom stereocenters. The average molecular weight is 300 g/mol. The van der Waals surface area contributed by atoms with Crippen molar-refractivity contribution in [2.24, 2.45) is 5.73 Å². The van der Waals surface area contributed by atoms with Crippen molar-refractivity contribution >= 4 is 16.0 Å². The minimum Gasteiger partial charge on any atom is -0.465 e. The first-order valence-electron chi connectivity index (χ1n) is 6.32. The third-order valence-corrected chi connectivity index (χ3v) is 4.24. The van der Waals surface area contributed by atoms with Crippen molar-refractivity contribution in [1.82, 2.24) is 4.72 Å². The van der Waals surface area contributed by atoms with Crippen LogP contribution in [0.2, 0.25) is 0 Å². The summed E-state index contributed by atoms with van der Waals surface area (Å²) < 4.78 is 31.2. The van der Waals surface area contributed by atoms with Gasteiger partial charge >= 0.3 is 5.97 Å². The van der Waals surface area contributed by atoms with Gasteiger partial charge in [0.2, 0.25) is 10.0 Å². The zero-order valence-corrected chi connectivity index (χ0v) is 12.6. The van der Waals surface area contributed by atoms with Crippen LogP contribution in [-0.2, 0) is 19.6 Å². The van der Waals surface area contributed by atoms with E-state index in [1.807, 2.05) is 6.92 Å². The molecule has 0 bridgehead atoms. The van der Waals surface area contributed by atoms with Crippen molar-refractivity contribution < 1.29 is 17.9 Å². The summed E-state index contributed by atoms with van der Waals surface area (Å²) in [6.45, 7) is 5.11. The molecule has 20 heavy (non-hydrogen) atoms. The van der Waals surface area contributed by atoms with E-state index in [9.17, 15) is 13.2 Å². The zero-order valence-electron chi connectivity index (χ0n) is 11.8. The van der Waals surface area contributed by atoms with Crippen LogP contribution in [0.15, 0.2) is 29.2 Å². The second-order valence-corrected chi connectivity index (χ2v) is 6.17. The molecule has 112 valence electrons. The molecule has 1 aromatic rings. The topological polar surface area (TPSA) is 98.5 Å². The van der Waals surface area contributed by atoms with E-state index in [0.29, 0.717) is 0 Å². The Bertz CT molecular complexity index is 552. The Hall–Kier alpha value is -1.44. The summed E-state index contributed by atoms with van der Waals surface area (Å²) in [5.74, 6) is -0.608. The fraction of sp³-hybridized carbons (Fsp3) is 0.462. The lowest BCUT2D eigenvalue weighted by atomic mass is 10.1. The van der Waals surface area contributed by atoms with E-state index < -0.39 is 22.0 Å². The summed E-state index contributed by atoms with van der Waals surface area (Å²) in [5, 5.41) is 0. The molecule has 1 rings (SSSR count). The zero-order chi connectivity index (χ0) is 15.3. The van der Waals surface area contributed by atoms with E-state index in [0.717, 1.165) is 5.56 Å². The maximum Gasteiger partial charge on any atom is 0.323 e. The number of sulfonamides is 1. The Labute approximate surface area is 119 Å². The molecule has 7 heteroatoms. The van der Waals surface area contributed by atoms with Gasteiger partial charge in [-0.3, -0.25) is 4.79 Å². The number of rotatable bonds is 6. The Morgan fingerprint density at radius 3 is 2.30 bits per heavy atom. The molecule has 0 spiro atoms. The van der Waals surface area contributed by atoms with Crippen molar-refractivity contribution in [3.05, 3.63) is 29.8 Å². The third-order valence-electron chi connectivity index (χ3n) is 2.69. The second kappa shape index (κ2) is 6.83. The molecule has 1 aromatic carbocycles. The highest BCUT2D eigenvalue weighted by molar-refractivity contribution is 7.89. The van der Waals surface area contributed by atoms with Gasteiger partial charge in [-0.05, 0) is 38.5 Å². The molecule has 0 aliphatic rings. The van der Waals surface area contributed by atoms with Crippen LogP contribution in [0.3, 0.4) is 0 Å². The molecule has 0 saturated carbocycles. The van der Waals surface area contributed by atoms with Crippen LogP contribution in [0.1, 0.15) is 32.4 Å². The minimum absolute atomic E-state index is 0.0815. The predicted octanol–water partition coefficient (Wildman–Crippen LogP) is 0.936. The molecule has 0 aliphatic carbocycles. The van der Waals surface area contributed by atoms with Crippen LogP contribution in [0.25, 0.3) is 0 Å². The Morgan fingerprint density at radius 1 is 1.30 bits per heavy atom. The van der Waals surface area contributed by atoms with Gasteiger partial charge in [0.15, 0.2) is 0 Å². The van der Waals surface area contributed by atoms with E-state index in [1.54, 1.807) is 19.1 Å². The molecule has 2 unspecified atom stereocenters. The van der Waals surface area contributed by atoms with Crippen molar-refractivity contribution in [2.45, 2.75) is 37.8 Å². The fourth-order valence-electron chi connectivity index (χ4n) is 1.57. The Balaban J connectivity index is 2.86. The number of nitrogens with one attached hydrogen (secondary N) is 1. The van der Waals surface area contributed by atoms with Crippen molar-refractivity contribution in [2.75, 3.05) is 6.61 Å². The standard InChI is InChI=1S/C13H20N2O4S/c1-4-19-13(16)10(3)15-20(17,18)12-7-5-11(6-8-12)9(2)14/h5-10,15H,4,14H2,1-3H3. The van der Waals surface area contributed by atoms with Crippen LogP contribution < -0.4 is 10.5 Å². The SMILES string of the molecule is CCOC(=O)C(C)NS(=O)(=O)c1ccc(C(C)N)cc1. The summed E-state index contributed by atoms with van der Waals surface area (Å²) in [6.07, 6.45) is 0. The van der Waals surface area contributed by atoms with Crippen LogP contribution in [0.5, 0.6) is 0 Å². The second-order valence-electron chi connectivity index (χ2n) is 4.45. The number of hydrogen-bond acceptors (Lipinski definition) is 5. The number of ether oxygens (including phenoxy) is 1. The molecule has 0 aliphatic heterocycles. The molecule has 0 aromatic heterocycles. The maximum atomic E-state index is 12.1. The van der Waals surface area contributed by atoms with E-state index in [1.165, 1.54) is 19.1 Å². The van der Waals surface area contributed by atoms with Crippen LogP contribution >= 0.6 is 0 Å². The molecule has 0 saturated heterocycles. The van der Waals surface area contributed by atoms with Crippen LogP contribution in [0.4, 0.5) is 0 Å². The van der Waals surface area contributed by atoms with Gasteiger partial charge in [0.25, 0.3) is 0 Å². The Kier molecular flexibility index (Phi) is 5.67. The molecule has 0 amide bonds. The van der Waals surface area contributed by atoms with Crippen molar-refractivity contribution in [3.63, 3.8) is 0 Å². The van der Waals surface area contributed by atoms with Crippen LogP contribution in [0, 0.1) is 0 Å². The van der Waals surface area contributed by atoms with Crippen LogP contribution in [-0.4, -0.2) is 27.0 Å². The number of carbonyl (C=O) groups is 1. The highest BCUT2D eigenvalue weighted by atomic mass is 32.2. The lowest BCUT2D eigenvalue weighted by molar-refractivity contribution is -0.144. The number of carbonyl (C=O) groups excluding carboxylic acids is 1. The largest absolute Gasteiger partial charge is 0.465 e. The number of hydrogen-bond donors (Lipinski definition) is 2. The maximum absolute atomic E-state index is 12.1. The molecular formula is C13H20N2O4S. The lowest BCUT2D eigenvalue weighted by Gasteiger charge is -2.13. The number of nitrogens with two attached hydrogens (primary N) is 1. The van der Waals surface area contributed by atoms with Gasteiger partial charge in [-0.25, -0.2) is 8.42 Å². The molecule has 0 radical (unpaired) electrons. The smallest absolute Gasteiger partial charge is 0.323 e. The minimum atomic E-state index is -3.76. The molecular weight excluding hydrogens is 280 g/mol. The first-order chi connectivity index (χ1) is 9.27. The van der Waals surface area contributed by atoms with Crippen molar-refractivity contribution in [3.8, 4) is 0 Å².